The summed E-state index contributed by atoms with van der Waals surface area (Å²) >= 11 is 0. The number of aliphatic hydroxyl groups is 1. The number of nitrogens with two attached hydrogens (primary N) is 1. The topological polar surface area (TPSA) is 75.4 Å². The fourth-order valence-electron chi connectivity index (χ4n) is 3.02. The summed E-state index contributed by atoms with van der Waals surface area (Å²) in [7, 11) is 0. The SMILES string of the molecule is CC(N)(C(=O)NCC1(CO)CCCCC1)C1CC1. The summed E-state index contributed by atoms with van der Waals surface area (Å²) in [4.78, 5) is 12.1. The number of nitrogens with one attached hydrogen (secondary N) is 1. The van der Waals surface area contributed by atoms with E-state index in [1.54, 1.807) is 0 Å². The number of amides is 1. The number of hydrogen-bond donors (Lipinski definition) is 3. The highest BCUT2D eigenvalue weighted by Gasteiger charge is 2.44. The van der Waals surface area contributed by atoms with Crippen LogP contribution in [0, 0.1) is 11.3 Å². The van der Waals surface area contributed by atoms with Crippen LogP contribution in [0.1, 0.15) is 51.9 Å². The van der Waals surface area contributed by atoms with Crippen molar-refractivity contribution in [2.24, 2.45) is 17.1 Å². The van der Waals surface area contributed by atoms with Gasteiger partial charge < -0.3 is 16.2 Å². The quantitative estimate of drug-likeness (QED) is 0.689. The van der Waals surface area contributed by atoms with Crippen LogP contribution in [0.3, 0.4) is 0 Å². The van der Waals surface area contributed by atoms with E-state index in [1.165, 1.54) is 6.42 Å². The van der Waals surface area contributed by atoms with E-state index in [0.29, 0.717) is 12.5 Å². The molecule has 0 heterocycles. The maximum absolute atomic E-state index is 12.1. The molecule has 1 unspecified atom stereocenters. The average molecular weight is 254 g/mol. The standard InChI is InChI=1S/C14H26N2O2/c1-13(15,11-5-6-11)12(18)16-9-14(10-17)7-3-2-4-8-14/h11,17H,2-10,15H2,1H3,(H,16,18). The maximum Gasteiger partial charge on any atom is 0.240 e. The van der Waals surface area contributed by atoms with E-state index in [2.05, 4.69) is 5.32 Å². The van der Waals surface area contributed by atoms with Crippen LogP contribution in [-0.2, 0) is 4.79 Å². The van der Waals surface area contributed by atoms with Crippen molar-refractivity contribution >= 4 is 5.91 Å². The molecule has 18 heavy (non-hydrogen) atoms. The van der Waals surface area contributed by atoms with Crippen molar-refractivity contribution in [3.05, 3.63) is 0 Å². The molecule has 0 aromatic rings. The predicted molar refractivity (Wildman–Crippen MR) is 70.9 cm³/mol. The van der Waals surface area contributed by atoms with Crippen LogP contribution >= 0.6 is 0 Å². The Morgan fingerprint density at radius 3 is 2.50 bits per heavy atom. The van der Waals surface area contributed by atoms with Crippen LogP contribution in [0.2, 0.25) is 0 Å². The smallest absolute Gasteiger partial charge is 0.240 e. The van der Waals surface area contributed by atoms with Gasteiger partial charge in [-0.05, 0) is 38.5 Å². The second kappa shape index (κ2) is 5.17. The van der Waals surface area contributed by atoms with Crippen molar-refractivity contribution in [3.63, 3.8) is 0 Å². The van der Waals surface area contributed by atoms with Gasteiger partial charge >= 0.3 is 0 Å². The minimum absolute atomic E-state index is 0.0524. The van der Waals surface area contributed by atoms with Crippen LogP contribution in [0.15, 0.2) is 0 Å². The first-order chi connectivity index (χ1) is 8.50. The fraction of sp³-hybridized carbons (Fsp3) is 0.929. The third-order valence-corrected chi connectivity index (χ3v) is 4.79. The Morgan fingerprint density at radius 2 is 2.00 bits per heavy atom. The molecular weight excluding hydrogens is 228 g/mol. The van der Waals surface area contributed by atoms with Gasteiger partial charge in [0.05, 0.1) is 12.1 Å². The van der Waals surface area contributed by atoms with E-state index in [-0.39, 0.29) is 17.9 Å². The number of rotatable bonds is 5. The lowest BCUT2D eigenvalue weighted by atomic mass is 9.74. The molecule has 0 aromatic carbocycles. The highest BCUT2D eigenvalue weighted by atomic mass is 16.3. The Morgan fingerprint density at radius 1 is 1.39 bits per heavy atom. The van der Waals surface area contributed by atoms with Crippen LogP contribution in [-0.4, -0.2) is 29.7 Å². The zero-order valence-corrected chi connectivity index (χ0v) is 11.4. The third-order valence-electron chi connectivity index (χ3n) is 4.79. The summed E-state index contributed by atoms with van der Waals surface area (Å²) in [6.45, 7) is 2.56. The molecule has 0 bridgehead atoms. The zero-order chi connectivity index (χ0) is 13.2. The molecule has 2 saturated carbocycles. The molecule has 0 spiro atoms. The van der Waals surface area contributed by atoms with Gasteiger partial charge in [-0.15, -0.1) is 0 Å². The molecule has 1 atom stereocenters. The minimum Gasteiger partial charge on any atom is -0.396 e. The molecule has 2 aliphatic carbocycles. The molecule has 4 heteroatoms. The summed E-state index contributed by atoms with van der Waals surface area (Å²) in [5.41, 5.74) is 5.26. The Kier molecular flexibility index (Phi) is 3.97. The lowest BCUT2D eigenvalue weighted by Crippen LogP contribution is -2.55. The average Bonchev–Trinajstić information content (AvgIpc) is 3.21. The van der Waals surface area contributed by atoms with Gasteiger partial charge in [-0.25, -0.2) is 0 Å². The van der Waals surface area contributed by atoms with Gasteiger partial charge in [0.25, 0.3) is 0 Å². The normalized spacial score (nSPS) is 26.4. The molecule has 2 fully saturated rings. The highest BCUT2D eigenvalue weighted by molar-refractivity contribution is 5.86. The second-order valence-electron chi connectivity index (χ2n) is 6.46. The number of carbonyl (C=O) groups excluding carboxylic acids is 1. The van der Waals surface area contributed by atoms with E-state index in [4.69, 9.17) is 5.73 Å². The Bertz CT molecular complexity index is 305. The molecule has 1 amide bonds. The van der Waals surface area contributed by atoms with Gasteiger partial charge in [0.15, 0.2) is 0 Å². The third kappa shape index (κ3) is 2.86. The molecule has 4 nitrogen and oxygen atoms in total. The van der Waals surface area contributed by atoms with Crippen LogP contribution in [0.4, 0.5) is 0 Å². The Labute approximate surface area is 109 Å². The summed E-state index contributed by atoms with van der Waals surface area (Å²) in [6, 6.07) is 0. The molecular formula is C14H26N2O2. The van der Waals surface area contributed by atoms with Gasteiger partial charge in [-0.2, -0.15) is 0 Å². The van der Waals surface area contributed by atoms with E-state index >= 15 is 0 Å². The lowest BCUT2D eigenvalue weighted by molar-refractivity contribution is -0.127. The maximum atomic E-state index is 12.1. The molecule has 2 aliphatic rings. The van der Waals surface area contributed by atoms with Crippen molar-refractivity contribution < 1.29 is 9.90 Å². The summed E-state index contributed by atoms with van der Waals surface area (Å²) in [5, 5.41) is 12.6. The molecule has 0 saturated heterocycles. The zero-order valence-electron chi connectivity index (χ0n) is 11.4. The van der Waals surface area contributed by atoms with Crippen LogP contribution in [0.5, 0.6) is 0 Å². The first-order valence-electron chi connectivity index (χ1n) is 7.18. The monoisotopic (exact) mass is 254 g/mol. The predicted octanol–water partition coefficient (Wildman–Crippen LogP) is 1.17. The molecule has 0 radical (unpaired) electrons. The molecule has 2 rings (SSSR count). The Hall–Kier alpha value is -0.610. The number of hydrogen-bond acceptors (Lipinski definition) is 3. The van der Waals surface area contributed by atoms with Gasteiger partial charge in [0, 0.05) is 12.0 Å². The number of aliphatic hydroxyl groups excluding tert-OH is 1. The van der Waals surface area contributed by atoms with Crippen molar-refractivity contribution in [3.8, 4) is 0 Å². The Balaban J connectivity index is 1.87. The van der Waals surface area contributed by atoms with Crippen molar-refractivity contribution in [1.82, 2.24) is 5.32 Å². The van der Waals surface area contributed by atoms with E-state index in [9.17, 15) is 9.90 Å². The van der Waals surface area contributed by atoms with Gasteiger partial charge in [-0.1, -0.05) is 19.3 Å². The van der Waals surface area contributed by atoms with Crippen molar-refractivity contribution in [1.29, 1.82) is 0 Å². The second-order valence-corrected chi connectivity index (χ2v) is 6.46. The molecule has 0 aromatic heterocycles. The lowest BCUT2D eigenvalue weighted by Gasteiger charge is -2.36. The summed E-state index contributed by atoms with van der Waals surface area (Å²) in [6.07, 6.45) is 7.68. The molecule has 4 N–H and O–H groups in total. The van der Waals surface area contributed by atoms with E-state index in [1.807, 2.05) is 6.92 Å². The molecule has 0 aliphatic heterocycles. The molecule has 104 valence electrons. The van der Waals surface area contributed by atoms with E-state index < -0.39 is 5.54 Å². The summed E-state index contributed by atoms with van der Waals surface area (Å²) in [5.74, 6) is 0.289. The van der Waals surface area contributed by atoms with Crippen molar-refractivity contribution in [2.75, 3.05) is 13.2 Å². The largest absolute Gasteiger partial charge is 0.396 e. The minimum atomic E-state index is -0.731. The fourth-order valence-corrected chi connectivity index (χ4v) is 3.02. The van der Waals surface area contributed by atoms with Gasteiger partial charge in [0.2, 0.25) is 5.91 Å². The van der Waals surface area contributed by atoms with E-state index in [0.717, 1.165) is 38.5 Å². The van der Waals surface area contributed by atoms with Gasteiger partial charge in [0.1, 0.15) is 0 Å². The van der Waals surface area contributed by atoms with Crippen molar-refractivity contribution in [2.45, 2.75) is 57.4 Å². The van der Waals surface area contributed by atoms with Crippen LogP contribution < -0.4 is 11.1 Å². The van der Waals surface area contributed by atoms with Crippen LogP contribution in [0.25, 0.3) is 0 Å². The number of carbonyl (C=O) groups is 1. The van der Waals surface area contributed by atoms with Gasteiger partial charge in [-0.3, -0.25) is 4.79 Å². The first kappa shape index (κ1) is 13.8. The summed E-state index contributed by atoms with van der Waals surface area (Å²) < 4.78 is 0. The first-order valence-corrected chi connectivity index (χ1v) is 7.18. The highest BCUT2D eigenvalue weighted by Crippen LogP contribution is 2.39.